The van der Waals surface area contributed by atoms with Gasteiger partial charge in [0, 0.05) is 17.9 Å². The lowest BCUT2D eigenvalue weighted by Gasteiger charge is -2.19. The van der Waals surface area contributed by atoms with Crippen molar-refractivity contribution in [3.05, 3.63) is 40.0 Å². The normalized spacial score (nSPS) is 10.7. The lowest BCUT2D eigenvalue weighted by molar-refractivity contribution is 0.452. The van der Waals surface area contributed by atoms with Crippen LogP contribution in [0.2, 0.25) is 0 Å². The van der Waals surface area contributed by atoms with E-state index < -0.39 is 0 Å². The number of aromatic nitrogens is 2. The van der Waals surface area contributed by atoms with Crippen LogP contribution in [0.25, 0.3) is 0 Å². The Labute approximate surface area is 115 Å². The molecule has 0 unspecified atom stereocenters. The maximum Gasteiger partial charge on any atom is 0.235 e. The van der Waals surface area contributed by atoms with Crippen molar-refractivity contribution in [1.29, 1.82) is 0 Å². The molecule has 0 fully saturated rings. The molecule has 4 nitrogen and oxygen atoms in total. The van der Waals surface area contributed by atoms with Crippen LogP contribution in [-0.4, -0.2) is 17.2 Å². The molecule has 0 atom stereocenters. The Hall–Kier alpha value is -1.36. The van der Waals surface area contributed by atoms with E-state index in [0.717, 1.165) is 16.6 Å². The smallest absolute Gasteiger partial charge is 0.235 e. The van der Waals surface area contributed by atoms with E-state index in [4.69, 9.17) is 4.42 Å². The standard InChI is InChI=1S/C13H16BrN3O/c1-4-12-15-16-13(18-12)8-17(3)11-6-5-9(2)7-10(11)14/h5-7H,4,8H2,1-3H3. The molecule has 0 aliphatic carbocycles. The van der Waals surface area contributed by atoms with E-state index in [-0.39, 0.29) is 0 Å². The summed E-state index contributed by atoms with van der Waals surface area (Å²) in [6.07, 6.45) is 0.769. The number of hydrogen-bond acceptors (Lipinski definition) is 4. The van der Waals surface area contributed by atoms with E-state index in [2.05, 4.69) is 56.2 Å². The summed E-state index contributed by atoms with van der Waals surface area (Å²) in [6.45, 7) is 4.67. The van der Waals surface area contributed by atoms with Crippen molar-refractivity contribution in [3.63, 3.8) is 0 Å². The maximum atomic E-state index is 5.51. The third-order valence-electron chi connectivity index (χ3n) is 2.70. The van der Waals surface area contributed by atoms with Crippen molar-refractivity contribution in [3.8, 4) is 0 Å². The van der Waals surface area contributed by atoms with E-state index in [1.54, 1.807) is 0 Å². The van der Waals surface area contributed by atoms with Crippen LogP contribution in [-0.2, 0) is 13.0 Å². The number of anilines is 1. The van der Waals surface area contributed by atoms with Crippen molar-refractivity contribution < 1.29 is 4.42 Å². The van der Waals surface area contributed by atoms with Crippen LogP contribution in [0.5, 0.6) is 0 Å². The molecule has 0 spiro atoms. The SMILES string of the molecule is CCc1nnc(CN(C)c2ccc(C)cc2Br)o1. The molecule has 0 N–H and O–H groups in total. The molecule has 0 saturated carbocycles. The number of aryl methyl sites for hydroxylation is 2. The molecule has 0 amide bonds. The van der Waals surface area contributed by atoms with Crippen LogP contribution in [0.3, 0.4) is 0 Å². The second kappa shape index (κ2) is 5.52. The molecule has 2 aromatic rings. The summed E-state index contributed by atoms with van der Waals surface area (Å²) >= 11 is 3.57. The topological polar surface area (TPSA) is 42.2 Å². The van der Waals surface area contributed by atoms with E-state index in [1.807, 2.05) is 14.0 Å². The number of nitrogens with zero attached hydrogens (tertiary/aromatic N) is 3. The first-order chi connectivity index (χ1) is 8.60. The zero-order valence-corrected chi connectivity index (χ0v) is 12.4. The second-order valence-corrected chi connectivity index (χ2v) is 5.11. The Morgan fingerprint density at radius 1 is 1.28 bits per heavy atom. The molecule has 2 rings (SSSR count). The highest BCUT2D eigenvalue weighted by molar-refractivity contribution is 9.10. The average molecular weight is 310 g/mol. The van der Waals surface area contributed by atoms with Crippen molar-refractivity contribution in [1.82, 2.24) is 10.2 Å². The molecule has 0 bridgehead atoms. The molecule has 96 valence electrons. The molecule has 0 aliphatic heterocycles. The number of halogens is 1. The monoisotopic (exact) mass is 309 g/mol. The molecule has 1 aromatic carbocycles. The summed E-state index contributed by atoms with van der Waals surface area (Å²) in [5.74, 6) is 1.32. The molecular formula is C13H16BrN3O. The van der Waals surface area contributed by atoms with Crippen LogP contribution in [0.4, 0.5) is 5.69 Å². The van der Waals surface area contributed by atoms with Gasteiger partial charge in [0.1, 0.15) is 0 Å². The molecule has 1 aromatic heterocycles. The third kappa shape index (κ3) is 2.90. The third-order valence-corrected chi connectivity index (χ3v) is 3.33. The van der Waals surface area contributed by atoms with Crippen molar-refractivity contribution in [2.24, 2.45) is 0 Å². The van der Waals surface area contributed by atoms with Gasteiger partial charge in [-0.25, -0.2) is 0 Å². The summed E-state index contributed by atoms with van der Waals surface area (Å²) < 4.78 is 6.58. The Bertz CT molecular complexity index is 539. The van der Waals surface area contributed by atoms with Gasteiger partial charge in [0.15, 0.2) is 0 Å². The van der Waals surface area contributed by atoms with Gasteiger partial charge >= 0.3 is 0 Å². The van der Waals surface area contributed by atoms with Gasteiger partial charge in [-0.15, -0.1) is 10.2 Å². The van der Waals surface area contributed by atoms with Crippen LogP contribution in [0, 0.1) is 6.92 Å². The van der Waals surface area contributed by atoms with Gasteiger partial charge in [-0.2, -0.15) is 0 Å². The first-order valence-corrected chi connectivity index (χ1v) is 6.68. The molecular weight excluding hydrogens is 294 g/mol. The molecule has 18 heavy (non-hydrogen) atoms. The summed E-state index contributed by atoms with van der Waals surface area (Å²) in [5, 5.41) is 7.99. The van der Waals surface area contributed by atoms with Crippen LogP contribution in [0.15, 0.2) is 27.1 Å². The highest BCUT2D eigenvalue weighted by Crippen LogP contribution is 2.27. The van der Waals surface area contributed by atoms with E-state index in [0.29, 0.717) is 18.3 Å². The predicted octanol–water partition coefficient (Wildman–Crippen LogP) is 3.34. The van der Waals surface area contributed by atoms with Crippen LogP contribution in [0.1, 0.15) is 24.3 Å². The molecule has 0 radical (unpaired) electrons. The molecule has 0 saturated heterocycles. The van der Waals surface area contributed by atoms with Crippen molar-refractivity contribution >= 4 is 21.6 Å². The minimum Gasteiger partial charge on any atom is -0.423 e. The summed E-state index contributed by atoms with van der Waals surface area (Å²) in [7, 11) is 2.01. The Morgan fingerprint density at radius 3 is 2.61 bits per heavy atom. The summed E-state index contributed by atoms with van der Waals surface area (Å²) in [6, 6.07) is 6.26. The van der Waals surface area contributed by atoms with E-state index in [9.17, 15) is 0 Å². The lowest BCUT2D eigenvalue weighted by Crippen LogP contribution is -2.17. The quantitative estimate of drug-likeness (QED) is 0.868. The summed E-state index contributed by atoms with van der Waals surface area (Å²) in [4.78, 5) is 2.08. The second-order valence-electron chi connectivity index (χ2n) is 4.25. The fraction of sp³-hybridized carbons (Fsp3) is 0.385. The van der Waals surface area contributed by atoms with Gasteiger partial charge in [-0.3, -0.25) is 0 Å². The zero-order valence-electron chi connectivity index (χ0n) is 10.8. The van der Waals surface area contributed by atoms with Gasteiger partial charge in [0.05, 0.1) is 12.2 Å². The number of benzene rings is 1. The first-order valence-electron chi connectivity index (χ1n) is 5.88. The van der Waals surface area contributed by atoms with Crippen molar-refractivity contribution in [2.75, 3.05) is 11.9 Å². The molecule has 1 heterocycles. The highest BCUT2D eigenvalue weighted by Gasteiger charge is 2.10. The zero-order chi connectivity index (χ0) is 13.1. The lowest BCUT2D eigenvalue weighted by atomic mass is 10.2. The fourth-order valence-electron chi connectivity index (χ4n) is 1.70. The van der Waals surface area contributed by atoms with Gasteiger partial charge in [-0.05, 0) is 40.5 Å². The highest BCUT2D eigenvalue weighted by atomic mass is 79.9. The van der Waals surface area contributed by atoms with Crippen molar-refractivity contribution in [2.45, 2.75) is 26.8 Å². The van der Waals surface area contributed by atoms with Gasteiger partial charge in [0.25, 0.3) is 0 Å². The van der Waals surface area contributed by atoms with E-state index in [1.165, 1.54) is 5.56 Å². The van der Waals surface area contributed by atoms with Crippen LogP contribution < -0.4 is 4.90 Å². The molecule has 5 heteroatoms. The fourth-order valence-corrected chi connectivity index (χ4v) is 2.50. The first kappa shape index (κ1) is 13.1. The number of hydrogen-bond donors (Lipinski definition) is 0. The van der Waals surface area contributed by atoms with Crippen LogP contribution >= 0.6 is 15.9 Å². The van der Waals surface area contributed by atoms with Gasteiger partial charge in [-0.1, -0.05) is 13.0 Å². The predicted molar refractivity (Wildman–Crippen MR) is 74.7 cm³/mol. The summed E-state index contributed by atoms with van der Waals surface area (Å²) in [5.41, 5.74) is 2.34. The minimum absolute atomic E-state index is 0.606. The average Bonchev–Trinajstić information content (AvgIpc) is 2.76. The van der Waals surface area contributed by atoms with Gasteiger partial charge < -0.3 is 9.32 Å². The Balaban J connectivity index is 2.13. The minimum atomic E-state index is 0.606. The Kier molecular flexibility index (Phi) is 4.01. The van der Waals surface area contributed by atoms with E-state index >= 15 is 0 Å². The largest absolute Gasteiger partial charge is 0.423 e. The maximum absolute atomic E-state index is 5.51. The molecule has 0 aliphatic rings. The Morgan fingerprint density at radius 2 is 2.00 bits per heavy atom. The van der Waals surface area contributed by atoms with Gasteiger partial charge in [0.2, 0.25) is 11.8 Å². The number of rotatable bonds is 4.